The second kappa shape index (κ2) is 7.75. The van der Waals surface area contributed by atoms with Crippen LogP contribution < -0.4 is 10.1 Å². The average Bonchev–Trinajstić information content (AvgIpc) is 2.37. The number of hydrogen-bond donors (Lipinski definition) is 1. The smallest absolute Gasteiger partial charge is 0.316 e. The van der Waals surface area contributed by atoms with Gasteiger partial charge < -0.3 is 14.8 Å². The van der Waals surface area contributed by atoms with Crippen LogP contribution in [-0.4, -0.2) is 42.0 Å². The first kappa shape index (κ1) is 14.6. The van der Waals surface area contributed by atoms with E-state index in [4.69, 9.17) is 9.47 Å². The molecule has 1 N–H and O–H groups in total. The summed E-state index contributed by atoms with van der Waals surface area (Å²) >= 11 is 1.27. The van der Waals surface area contributed by atoms with E-state index in [0.29, 0.717) is 23.2 Å². The topological polar surface area (TPSA) is 73.3 Å². The maximum Gasteiger partial charge on any atom is 0.316 e. The fourth-order valence-corrected chi connectivity index (χ4v) is 2.04. The fourth-order valence-electron chi connectivity index (χ4n) is 1.27. The Balaban J connectivity index is 2.75. The first-order valence-corrected chi connectivity index (χ1v) is 6.62. The second-order valence-corrected chi connectivity index (χ2v) is 4.15. The SMILES string of the molecule is CCNc1ncnc(SCC(=O)OCC)c1OC. The molecule has 1 rings (SSSR count). The molecular formula is C11H17N3O3S. The van der Waals surface area contributed by atoms with Crippen molar-refractivity contribution in [2.24, 2.45) is 0 Å². The third-order valence-corrected chi connectivity index (χ3v) is 2.90. The van der Waals surface area contributed by atoms with Crippen LogP contribution in [0.1, 0.15) is 13.8 Å². The number of methoxy groups -OCH3 is 1. The van der Waals surface area contributed by atoms with Gasteiger partial charge in [-0.15, -0.1) is 0 Å². The van der Waals surface area contributed by atoms with Crippen molar-refractivity contribution in [3.8, 4) is 5.75 Å². The molecule has 0 aliphatic carbocycles. The third-order valence-electron chi connectivity index (χ3n) is 1.95. The maximum absolute atomic E-state index is 11.3. The largest absolute Gasteiger partial charge is 0.490 e. The highest BCUT2D eigenvalue weighted by Crippen LogP contribution is 2.32. The van der Waals surface area contributed by atoms with Gasteiger partial charge in [0.2, 0.25) is 0 Å². The Bertz CT molecular complexity index is 401. The molecule has 18 heavy (non-hydrogen) atoms. The van der Waals surface area contributed by atoms with Crippen molar-refractivity contribution in [1.29, 1.82) is 0 Å². The molecule has 1 heterocycles. The number of ether oxygens (including phenoxy) is 2. The van der Waals surface area contributed by atoms with Crippen LogP contribution in [0.2, 0.25) is 0 Å². The van der Waals surface area contributed by atoms with Gasteiger partial charge in [-0.3, -0.25) is 4.79 Å². The molecule has 0 amide bonds. The van der Waals surface area contributed by atoms with Crippen molar-refractivity contribution in [1.82, 2.24) is 9.97 Å². The molecule has 0 aliphatic heterocycles. The predicted molar refractivity (Wildman–Crippen MR) is 70.1 cm³/mol. The molecule has 100 valence electrons. The van der Waals surface area contributed by atoms with Crippen molar-refractivity contribution in [2.75, 3.05) is 31.3 Å². The minimum Gasteiger partial charge on any atom is -0.490 e. The molecule has 0 atom stereocenters. The average molecular weight is 271 g/mol. The van der Waals surface area contributed by atoms with Gasteiger partial charge in [-0.25, -0.2) is 9.97 Å². The zero-order valence-electron chi connectivity index (χ0n) is 10.7. The summed E-state index contributed by atoms with van der Waals surface area (Å²) in [7, 11) is 1.55. The summed E-state index contributed by atoms with van der Waals surface area (Å²) in [4.78, 5) is 19.5. The van der Waals surface area contributed by atoms with Crippen molar-refractivity contribution >= 4 is 23.5 Å². The van der Waals surface area contributed by atoms with Crippen LogP contribution in [0.3, 0.4) is 0 Å². The number of nitrogens with one attached hydrogen (secondary N) is 1. The van der Waals surface area contributed by atoms with Gasteiger partial charge in [0.25, 0.3) is 0 Å². The number of rotatable bonds is 7. The van der Waals surface area contributed by atoms with Crippen LogP contribution in [0.5, 0.6) is 5.75 Å². The minimum absolute atomic E-state index is 0.201. The van der Waals surface area contributed by atoms with Gasteiger partial charge in [0.15, 0.2) is 11.6 Å². The summed E-state index contributed by atoms with van der Waals surface area (Å²) < 4.78 is 10.1. The number of nitrogens with zero attached hydrogens (tertiary/aromatic N) is 2. The molecule has 1 aromatic rings. The van der Waals surface area contributed by atoms with Crippen LogP contribution in [0.4, 0.5) is 5.82 Å². The predicted octanol–water partition coefficient (Wildman–Crippen LogP) is 1.57. The highest BCUT2D eigenvalue weighted by molar-refractivity contribution is 8.00. The van der Waals surface area contributed by atoms with Crippen molar-refractivity contribution in [3.05, 3.63) is 6.33 Å². The number of aromatic nitrogens is 2. The molecule has 7 heteroatoms. The first-order valence-electron chi connectivity index (χ1n) is 5.64. The van der Waals surface area contributed by atoms with Crippen LogP contribution in [0, 0.1) is 0 Å². The first-order chi connectivity index (χ1) is 8.72. The van der Waals surface area contributed by atoms with Crippen LogP contribution in [0.15, 0.2) is 11.4 Å². The normalized spacial score (nSPS) is 9.94. The van der Waals surface area contributed by atoms with Gasteiger partial charge >= 0.3 is 5.97 Å². The van der Waals surface area contributed by atoms with Gasteiger partial charge in [-0.1, -0.05) is 11.8 Å². The van der Waals surface area contributed by atoms with Crippen LogP contribution in [0.25, 0.3) is 0 Å². The molecule has 0 unspecified atom stereocenters. The zero-order chi connectivity index (χ0) is 13.4. The van der Waals surface area contributed by atoms with Crippen LogP contribution >= 0.6 is 11.8 Å². The highest BCUT2D eigenvalue weighted by Gasteiger charge is 2.13. The molecule has 0 radical (unpaired) electrons. The molecule has 0 saturated heterocycles. The van der Waals surface area contributed by atoms with Gasteiger partial charge in [0.05, 0.1) is 19.5 Å². The number of anilines is 1. The second-order valence-electron chi connectivity index (χ2n) is 3.18. The fraction of sp³-hybridized carbons (Fsp3) is 0.545. The van der Waals surface area contributed by atoms with E-state index in [1.807, 2.05) is 6.92 Å². The molecule has 0 aromatic carbocycles. The Kier molecular flexibility index (Phi) is 6.27. The maximum atomic E-state index is 11.3. The van der Waals surface area contributed by atoms with E-state index in [1.54, 1.807) is 14.0 Å². The highest BCUT2D eigenvalue weighted by atomic mass is 32.2. The van der Waals surface area contributed by atoms with Crippen LogP contribution in [-0.2, 0) is 9.53 Å². The summed E-state index contributed by atoms with van der Waals surface area (Å²) in [5.74, 6) is 1.11. The quantitative estimate of drug-likeness (QED) is 0.458. The molecule has 0 bridgehead atoms. The Hall–Kier alpha value is -1.50. The lowest BCUT2D eigenvalue weighted by Gasteiger charge is -2.11. The standard InChI is InChI=1S/C11H17N3O3S/c1-4-12-10-9(16-3)11(14-7-13-10)18-6-8(15)17-5-2/h7H,4-6H2,1-3H3,(H,12,13,14). The summed E-state index contributed by atoms with van der Waals surface area (Å²) in [5, 5.41) is 3.70. The van der Waals surface area contributed by atoms with E-state index in [2.05, 4.69) is 15.3 Å². The zero-order valence-corrected chi connectivity index (χ0v) is 11.5. The van der Waals surface area contributed by atoms with E-state index in [1.165, 1.54) is 18.1 Å². The van der Waals surface area contributed by atoms with Gasteiger partial charge in [0, 0.05) is 6.54 Å². The third kappa shape index (κ3) is 4.06. The number of hydrogen-bond acceptors (Lipinski definition) is 7. The van der Waals surface area contributed by atoms with Gasteiger partial charge in [-0.05, 0) is 13.8 Å². The summed E-state index contributed by atoms with van der Waals surface area (Å²) in [6, 6.07) is 0. The number of carbonyl (C=O) groups excluding carboxylic acids is 1. The molecular weight excluding hydrogens is 254 g/mol. The van der Waals surface area contributed by atoms with Crippen molar-refractivity contribution < 1.29 is 14.3 Å². The molecule has 1 aromatic heterocycles. The molecule has 6 nitrogen and oxygen atoms in total. The Labute approximate surface area is 110 Å². The lowest BCUT2D eigenvalue weighted by molar-refractivity contribution is -0.139. The van der Waals surface area contributed by atoms with Gasteiger partial charge in [-0.2, -0.15) is 0 Å². The molecule has 0 aliphatic rings. The molecule has 0 saturated carbocycles. The van der Waals surface area contributed by atoms with E-state index in [-0.39, 0.29) is 11.7 Å². The molecule has 0 fully saturated rings. The number of carbonyl (C=O) groups is 1. The Morgan fingerprint density at radius 3 is 2.83 bits per heavy atom. The minimum atomic E-state index is -0.270. The summed E-state index contributed by atoms with van der Waals surface area (Å²) in [6.07, 6.45) is 1.44. The number of thioether (sulfide) groups is 1. The van der Waals surface area contributed by atoms with Crippen molar-refractivity contribution in [3.63, 3.8) is 0 Å². The van der Waals surface area contributed by atoms with E-state index < -0.39 is 0 Å². The molecule has 0 spiro atoms. The summed E-state index contributed by atoms with van der Waals surface area (Å²) in [5.41, 5.74) is 0. The Morgan fingerprint density at radius 2 is 2.22 bits per heavy atom. The monoisotopic (exact) mass is 271 g/mol. The van der Waals surface area contributed by atoms with E-state index in [0.717, 1.165) is 6.54 Å². The van der Waals surface area contributed by atoms with E-state index >= 15 is 0 Å². The lowest BCUT2D eigenvalue weighted by atomic mass is 10.5. The van der Waals surface area contributed by atoms with Gasteiger partial charge in [0.1, 0.15) is 11.4 Å². The lowest BCUT2D eigenvalue weighted by Crippen LogP contribution is -2.08. The summed E-state index contributed by atoms with van der Waals surface area (Å²) in [6.45, 7) is 4.85. The van der Waals surface area contributed by atoms with Crippen molar-refractivity contribution in [2.45, 2.75) is 18.9 Å². The van der Waals surface area contributed by atoms with E-state index in [9.17, 15) is 4.79 Å². The Morgan fingerprint density at radius 1 is 1.44 bits per heavy atom. The number of esters is 1.